The summed E-state index contributed by atoms with van der Waals surface area (Å²) in [5, 5.41) is 14.9. The van der Waals surface area contributed by atoms with Gasteiger partial charge in [-0.15, -0.1) is 0 Å². The number of likely N-dealkylation sites (N-methyl/N-ethyl adjacent to an activating group) is 1. The summed E-state index contributed by atoms with van der Waals surface area (Å²) in [7, 11) is 1.60. The van der Waals surface area contributed by atoms with E-state index in [9.17, 15) is 9.18 Å². The van der Waals surface area contributed by atoms with Crippen LogP contribution >= 0.6 is 0 Å². The fourth-order valence-electron chi connectivity index (χ4n) is 2.37. The maximum atomic E-state index is 13.1. The van der Waals surface area contributed by atoms with Crippen molar-refractivity contribution in [2.24, 2.45) is 0 Å². The Morgan fingerprint density at radius 3 is 3.15 bits per heavy atom. The van der Waals surface area contributed by atoms with Crippen molar-refractivity contribution in [3.05, 3.63) is 35.1 Å². The molecular weight excluding hydrogens is 259 g/mol. The van der Waals surface area contributed by atoms with E-state index in [0.29, 0.717) is 25.2 Å². The Bertz CT molecular complexity index is 540. The third kappa shape index (κ3) is 3.13. The molecule has 1 saturated heterocycles. The molecule has 2 rings (SSSR count). The number of hydrogen-bond acceptors (Lipinski definition) is 4. The molecule has 1 fully saturated rings. The summed E-state index contributed by atoms with van der Waals surface area (Å²) in [5.74, 6) is -0.480. The van der Waals surface area contributed by atoms with Gasteiger partial charge in [0.1, 0.15) is 11.9 Å². The van der Waals surface area contributed by atoms with Crippen molar-refractivity contribution in [3.8, 4) is 6.07 Å². The van der Waals surface area contributed by atoms with Crippen LogP contribution in [0.25, 0.3) is 0 Å². The predicted octanol–water partition coefficient (Wildman–Crippen LogP) is 0.217. The fourth-order valence-corrected chi connectivity index (χ4v) is 2.37. The summed E-state index contributed by atoms with van der Waals surface area (Å²) in [6, 6.07) is 5.91. The number of carbonyl (C=O) groups is 1. The Morgan fingerprint density at radius 1 is 1.65 bits per heavy atom. The van der Waals surface area contributed by atoms with Gasteiger partial charge in [-0.05, 0) is 17.7 Å². The molecule has 0 saturated carbocycles. The number of amides is 1. The summed E-state index contributed by atoms with van der Waals surface area (Å²) in [5.41, 5.74) is 1.06. The van der Waals surface area contributed by atoms with Gasteiger partial charge >= 0.3 is 0 Å². The number of nitrogens with zero attached hydrogens (tertiary/aromatic N) is 2. The molecule has 0 bridgehead atoms. The van der Waals surface area contributed by atoms with Gasteiger partial charge in [0.15, 0.2) is 0 Å². The van der Waals surface area contributed by atoms with Gasteiger partial charge in [-0.2, -0.15) is 5.26 Å². The van der Waals surface area contributed by atoms with E-state index in [-0.39, 0.29) is 11.9 Å². The minimum absolute atomic E-state index is 0.0576. The van der Waals surface area contributed by atoms with Crippen LogP contribution in [0.2, 0.25) is 0 Å². The second-order valence-electron chi connectivity index (χ2n) is 4.72. The molecule has 106 valence electrons. The monoisotopic (exact) mass is 276 g/mol. The Balaban J connectivity index is 2.19. The molecule has 1 aromatic carbocycles. The lowest BCUT2D eigenvalue weighted by atomic mass is 10.1. The van der Waals surface area contributed by atoms with Crippen LogP contribution in [0.1, 0.15) is 11.1 Å². The quantitative estimate of drug-likeness (QED) is 0.828. The number of benzene rings is 1. The number of nitriles is 1. The normalized spacial score (nSPS) is 19.4. The molecule has 0 aromatic heterocycles. The van der Waals surface area contributed by atoms with Gasteiger partial charge in [0.25, 0.3) is 0 Å². The molecule has 1 unspecified atom stereocenters. The maximum absolute atomic E-state index is 13.1. The first kappa shape index (κ1) is 14.4. The van der Waals surface area contributed by atoms with E-state index in [4.69, 9.17) is 5.26 Å². The molecule has 1 aliphatic heterocycles. The SMILES string of the molecule is CNC(=O)C1CNCCN1Cc1ccc(F)cc1C#N. The van der Waals surface area contributed by atoms with Crippen LogP contribution in [0, 0.1) is 17.1 Å². The highest BCUT2D eigenvalue weighted by atomic mass is 19.1. The van der Waals surface area contributed by atoms with Crippen LogP contribution in [0.15, 0.2) is 18.2 Å². The number of halogens is 1. The zero-order valence-corrected chi connectivity index (χ0v) is 11.3. The molecule has 2 N–H and O–H groups in total. The number of nitrogens with one attached hydrogen (secondary N) is 2. The molecule has 1 aliphatic rings. The van der Waals surface area contributed by atoms with Gasteiger partial charge < -0.3 is 10.6 Å². The Morgan fingerprint density at radius 2 is 2.45 bits per heavy atom. The summed E-state index contributed by atoms with van der Waals surface area (Å²) in [4.78, 5) is 13.9. The second-order valence-corrected chi connectivity index (χ2v) is 4.72. The van der Waals surface area contributed by atoms with E-state index in [1.54, 1.807) is 13.1 Å². The number of piperazine rings is 1. The average molecular weight is 276 g/mol. The van der Waals surface area contributed by atoms with Crippen molar-refractivity contribution in [1.29, 1.82) is 5.26 Å². The minimum Gasteiger partial charge on any atom is -0.358 e. The van der Waals surface area contributed by atoms with Crippen molar-refractivity contribution in [2.75, 3.05) is 26.7 Å². The van der Waals surface area contributed by atoms with Gasteiger partial charge in [-0.25, -0.2) is 4.39 Å². The van der Waals surface area contributed by atoms with Gasteiger partial charge in [0.2, 0.25) is 5.91 Å². The Labute approximate surface area is 117 Å². The van der Waals surface area contributed by atoms with Crippen molar-refractivity contribution >= 4 is 5.91 Å². The van der Waals surface area contributed by atoms with Crippen LogP contribution in [0.4, 0.5) is 4.39 Å². The first-order valence-corrected chi connectivity index (χ1v) is 6.50. The first-order valence-electron chi connectivity index (χ1n) is 6.50. The molecule has 0 radical (unpaired) electrons. The van der Waals surface area contributed by atoms with E-state index in [1.165, 1.54) is 12.1 Å². The molecule has 20 heavy (non-hydrogen) atoms. The van der Waals surface area contributed by atoms with Crippen LogP contribution in [0.5, 0.6) is 0 Å². The van der Waals surface area contributed by atoms with Crippen LogP contribution < -0.4 is 10.6 Å². The third-order valence-corrected chi connectivity index (χ3v) is 3.47. The largest absolute Gasteiger partial charge is 0.358 e. The summed E-state index contributed by atoms with van der Waals surface area (Å²) in [6.07, 6.45) is 0. The van der Waals surface area contributed by atoms with Crippen LogP contribution in [-0.2, 0) is 11.3 Å². The highest BCUT2D eigenvalue weighted by Crippen LogP contribution is 2.15. The Kier molecular flexibility index (Phi) is 4.66. The lowest BCUT2D eigenvalue weighted by molar-refractivity contribution is -0.126. The van der Waals surface area contributed by atoms with E-state index in [2.05, 4.69) is 10.6 Å². The highest BCUT2D eigenvalue weighted by Gasteiger charge is 2.28. The minimum atomic E-state index is -0.423. The van der Waals surface area contributed by atoms with Gasteiger partial charge in [-0.3, -0.25) is 9.69 Å². The molecule has 0 spiro atoms. The second kappa shape index (κ2) is 6.46. The van der Waals surface area contributed by atoms with Crippen molar-refractivity contribution < 1.29 is 9.18 Å². The fraction of sp³-hybridized carbons (Fsp3) is 0.429. The van der Waals surface area contributed by atoms with Crippen molar-refractivity contribution in [1.82, 2.24) is 15.5 Å². The van der Waals surface area contributed by atoms with Crippen LogP contribution in [-0.4, -0.2) is 43.5 Å². The maximum Gasteiger partial charge on any atom is 0.238 e. The Hall–Kier alpha value is -1.97. The standard InChI is InChI=1S/C14H17FN4O/c1-17-14(20)13-8-18-4-5-19(13)9-10-2-3-12(15)6-11(10)7-16/h2-3,6,13,18H,4-5,8-9H2,1H3,(H,17,20). The highest BCUT2D eigenvalue weighted by molar-refractivity contribution is 5.81. The van der Waals surface area contributed by atoms with Crippen LogP contribution in [0.3, 0.4) is 0 Å². The molecule has 0 aliphatic carbocycles. The molecule has 1 atom stereocenters. The van der Waals surface area contributed by atoms with E-state index < -0.39 is 5.82 Å². The topological polar surface area (TPSA) is 68.2 Å². The summed E-state index contributed by atoms with van der Waals surface area (Å²) in [6.45, 7) is 2.53. The van der Waals surface area contributed by atoms with Gasteiger partial charge in [-0.1, -0.05) is 6.07 Å². The van der Waals surface area contributed by atoms with E-state index in [0.717, 1.165) is 12.1 Å². The molecular formula is C14H17FN4O. The first-order chi connectivity index (χ1) is 9.65. The number of hydrogen-bond donors (Lipinski definition) is 2. The molecule has 5 nitrogen and oxygen atoms in total. The van der Waals surface area contributed by atoms with E-state index in [1.807, 2.05) is 11.0 Å². The molecule has 1 heterocycles. The zero-order valence-electron chi connectivity index (χ0n) is 11.3. The molecule has 1 aromatic rings. The summed E-state index contributed by atoms with van der Waals surface area (Å²) < 4.78 is 13.1. The smallest absolute Gasteiger partial charge is 0.238 e. The average Bonchev–Trinajstić information content (AvgIpc) is 2.48. The van der Waals surface area contributed by atoms with E-state index >= 15 is 0 Å². The lowest BCUT2D eigenvalue weighted by Gasteiger charge is -2.35. The van der Waals surface area contributed by atoms with Gasteiger partial charge in [0, 0.05) is 33.2 Å². The molecule has 1 amide bonds. The van der Waals surface area contributed by atoms with Gasteiger partial charge in [0.05, 0.1) is 11.6 Å². The summed E-state index contributed by atoms with van der Waals surface area (Å²) >= 11 is 0. The van der Waals surface area contributed by atoms with Crippen molar-refractivity contribution in [3.63, 3.8) is 0 Å². The lowest BCUT2D eigenvalue weighted by Crippen LogP contribution is -2.56. The van der Waals surface area contributed by atoms with Crippen molar-refractivity contribution in [2.45, 2.75) is 12.6 Å². The molecule has 6 heteroatoms. The third-order valence-electron chi connectivity index (χ3n) is 3.47. The number of carbonyl (C=O) groups excluding carboxylic acids is 1. The zero-order chi connectivity index (χ0) is 14.5. The number of rotatable bonds is 3. The predicted molar refractivity (Wildman–Crippen MR) is 72.2 cm³/mol.